The zero-order chi connectivity index (χ0) is 15.2. The van der Waals surface area contributed by atoms with E-state index in [1.807, 2.05) is 0 Å². The van der Waals surface area contributed by atoms with Crippen LogP contribution in [0.5, 0.6) is 0 Å². The standard InChI is InChI=1S/C11H4ClF3N4OS/c12-7(20)5-1-3-6(4-2-5)8-18-19-9(11(13,14)15)16-17-10(19)21-8/h1-4H. The van der Waals surface area contributed by atoms with Crippen LogP contribution in [0.3, 0.4) is 0 Å². The third kappa shape index (κ3) is 2.49. The fraction of sp³-hybridized carbons (Fsp3) is 0.0909. The van der Waals surface area contributed by atoms with Gasteiger partial charge in [-0.05, 0) is 23.7 Å². The number of hydrogen-bond acceptors (Lipinski definition) is 5. The fourth-order valence-corrected chi connectivity index (χ4v) is 2.62. The maximum atomic E-state index is 12.7. The number of benzene rings is 1. The number of alkyl halides is 3. The van der Waals surface area contributed by atoms with Gasteiger partial charge in [-0.15, -0.1) is 10.2 Å². The SMILES string of the molecule is O=C(Cl)c1ccc(-c2nn3c(C(F)(F)F)nnc3s2)cc1. The van der Waals surface area contributed by atoms with Crippen molar-refractivity contribution in [2.45, 2.75) is 6.18 Å². The number of fused-ring (bicyclic) bond motifs is 1. The van der Waals surface area contributed by atoms with Crippen molar-refractivity contribution in [2.75, 3.05) is 0 Å². The molecule has 0 saturated carbocycles. The van der Waals surface area contributed by atoms with E-state index in [0.29, 0.717) is 20.6 Å². The number of carbonyl (C=O) groups is 1. The van der Waals surface area contributed by atoms with Crippen LogP contribution in [-0.2, 0) is 6.18 Å². The van der Waals surface area contributed by atoms with Crippen LogP contribution in [0.15, 0.2) is 24.3 Å². The van der Waals surface area contributed by atoms with E-state index < -0.39 is 17.2 Å². The van der Waals surface area contributed by atoms with Crippen LogP contribution in [0, 0.1) is 0 Å². The van der Waals surface area contributed by atoms with Gasteiger partial charge in [0.05, 0.1) is 0 Å². The Bertz CT molecular complexity index is 824. The highest BCUT2D eigenvalue weighted by Crippen LogP contribution is 2.31. The van der Waals surface area contributed by atoms with E-state index in [-0.39, 0.29) is 4.96 Å². The van der Waals surface area contributed by atoms with Crippen molar-refractivity contribution in [2.24, 2.45) is 0 Å². The van der Waals surface area contributed by atoms with Gasteiger partial charge in [0.1, 0.15) is 5.01 Å². The molecule has 108 valence electrons. The maximum Gasteiger partial charge on any atom is 0.453 e. The van der Waals surface area contributed by atoms with E-state index in [9.17, 15) is 18.0 Å². The molecular formula is C11H4ClF3N4OS. The van der Waals surface area contributed by atoms with Crippen molar-refractivity contribution in [3.63, 3.8) is 0 Å². The molecule has 0 fully saturated rings. The first-order chi connectivity index (χ1) is 9.86. The van der Waals surface area contributed by atoms with E-state index >= 15 is 0 Å². The lowest BCUT2D eigenvalue weighted by Crippen LogP contribution is -2.11. The van der Waals surface area contributed by atoms with Crippen LogP contribution >= 0.6 is 22.9 Å². The van der Waals surface area contributed by atoms with Gasteiger partial charge in [-0.1, -0.05) is 23.5 Å². The Kier molecular flexibility index (Phi) is 3.18. The minimum absolute atomic E-state index is 0.0369. The van der Waals surface area contributed by atoms with E-state index in [4.69, 9.17) is 11.6 Å². The van der Waals surface area contributed by atoms with E-state index in [0.717, 1.165) is 11.3 Å². The van der Waals surface area contributed by atoms with Gasteiger partial charge in [0.25, 0.3) is 11.1 Å². The second kappa shape index (κ2) is 4.78. The Labute approximate surface area is 124 Å². The second-order valence-corrected chi connectivity index (χ2v) is 5.27. The molecule has 2 heterocycles. The van der Waals surface area contributed by atoms with Crippen LogP contribution in [0.1, 0.15) is 16.2 Å². The molecule has 3 aromatic rings. The molecular weight excluding hydrogens is 329 g/mol. The summed E-state index contributed by atoms with van der Waals surface area (Å²) < 4.78 is 38.7. The second-order valence-electron chi connectivity index (χ2n) is 3.97. The van der Waals surface area contributed by atoms with Crippen molar-refractivity contribution < 1.29 is 18.0 Å². The average Bonchev–Trinajstić information content (AvgIpc) is 2.96. The highest BCUT2D eigenvalue weighted by Gasteiger charge is 2.38. The molecule has 0 aliphatic carbocycles. The molecule has 2 aromatic heterocycles. The summed E-state index contributed by atoms with van der Waals surface area (Å²) in [5.41, 5.74) is 0.847. The number of nitrogens with zero attached hydrogens (tertiary/aromatic N) is 4. The summed E-state index contributed by atoms with van der Waals surface area (Å²) in [4.78, 5) is 11.0. The molecule has 1 aromatic carbocycles. The number of aromatic nitrogens is 4. The Morgan fingerprint density at radius 3 is 2.43 bits per heavy atom. The monoisotopic (exact) mass is 332 g/mol. The molecule has 3 rings (SSSR count). The van der Waals surface area contributed by atoms with Gasteiger partial charge in [0.2, 0.25) is 4.96 Å². The predicted octanol–water partition coefficient (Wildman–Crippen LogP) is 3.25. The minimum Gasteiger partial charge on any atom is -0.276 e. The zero-order valence-electron chi connectivity index (χ0n) is 9.93. The first-order valence-corrected chi connectivity index (χ1v) is 6.65. The number of halogens is 4. The molecule has 0 N–H and O–H groups in total. The molecule has 10 heteroatoms. The highest BCUT2D eigenvalue weighted by molar-refractivity contribution is 7.19. The molecule has 0 amide bonds. The molecule has 0 unspecified atom stereocenters. The van der Waals surface area contributed by atoms with Crippen molar-refractivity contribution in [1.82, 2.24) is 19.8 Å². The first-order valence-electron chi connectivity index (χ1n) is 5.46. The Morgan fingerprint density at radius 2 is 1.86 bits per heavy atom. The summed E-state index contributed by atoms with van der Waals surface area (Å²) in [6, 6.07) is 6.04. The number of hydrogen-bond donors (Lipinski definition) is 0. The van der Waals surface area contributed by atoms with Crippen LogP contribution in [-0.4, -0.2) is 25.1 Å². The van der Waals surface area contributed by atoms with Crippen LogP contribution < -0.4 is 0 Å². The van der Waals surface area contributed by atoms with Crippen LogP contribution in [0.25, 0.3) is 15.5 Å². The van der Waals surface area contributed by atoms with Crippen molar-refractivity contribution >= 4 is 33.1 Å². The summed E-state index contributed by atoms with van der Waals surface area (Å²) in [5, 5.41) is 10.1. The maximum absolute atomic E-state index is 12.7. The lowest BCUT2D eigenvalue weighted by molar-refractivity contribution is -0.146. The van der Waals surface area contributed by atoms with Gasteiger partial charge >= 0.3 is 6.18 Å². The Hall–Kier alpha value is -2.00. The van der Waals surface area contributed by atoms with Crippen molar-refractivity contribution in [3.8, 4) is 10.6 Å². The van der Waals surface area contributed by atoms with Gasteiger partial charge in [0.15, 0.2) is 0 Å². The predicted molar refractivity (Wildman–Crippen MR) is 69.3 cm³/mol. The molecule has 0 spiro atoms. The van der Waals surface area contributed by atoms with Gasteiger partial charge in [-0.2, -0.15) is 22.8 Å². The molecule has 21 heavy (non-hydrogen) atoms. The lowest BCUT2D eigenvalue weighted by atomic mass is 10.1. The van der Waals surface area contributed by atoms with Gasteiger partial charge in [-0.25, -0.2) is 0 Å². The Balaban J connectivity index is 2.05. The summed E-state index contributed by atoms with van der Waals surface area (Å²) in [6.45, 7) is 0. The lowest BCUT2D eigenvalue weighted by Gasteiger charge is -2.00. The topological polar surface area (TPSA) is 60.2 Å². The number of carbonyl (C=O) groups excluding carboxylic acids is 1. The minimum atomic E-state index is -4.63. The molecule has 0 atom stereocenters. The number of rotatable bonds is 2. The first kappa shape index (κ1) is 14.0. The van der Waals surface area contributed by atoms with Crippen molar-refractivity contribution in [1.29, 1.82) is 0 Å². The highest BCUT2D eigenvalue weighted by atomic mass is 35.5. The summed E-state index contributed by atoms with van der Waals surface area (Å²) in [5.74, 6) is -1.17. The van der Waals surface area contributed by atoms with E-state index in [1.54, 1.807) is 12.1 Å². The smallest absolute Gasteiger partial charge is 0.276 e. The van der Waals surface area contributed by atoms with Crippen LogP contribution in [0.2, 0.25) is 0 Å². The van der Waals surface area contributed by atoms with E-state index in [1.165, 1.54) is 12.1 Å². The van der Waals surface area contributed by atoms with Gasteiger partial charge in [0, 0.05) is 11.1 Å². The quantitative estimate of drug-likeness (QED) is 0.676. The summed E-state index contributed by atoms with van der Waals surface area (Å²) in [6.07, 6.45) is -4.63. The van der Waals surface area contributed by atoms with Gasteiger partial charge < -0.3 is 0 Å². The largest absolute Gasteiger partial charge is 0.453 e. The Morgan fingerprint density at radius 1 is 1.19 bits per heavy atom. The molecule has 0 aliphatic rings. The molecule has 0 bridgehead atoms. The summed E-state index contributed by atoms with van der Waals surface area (Å²) >= 11 is 6.28. The fourth-order valence-electron chi connectivity index (χ4n) is 1.65. The van der Waals surface area contributed by atoms with Crippen molar-refractivity contribution in [3.05, 3.63) is 35.7 Å². The molecule has 0 aliphatic heterocycles. The molecule has 0 saturated heterocycles. The normalized spacial score (nSPS) is 12.0. The average molecular weight is 333 g/mol. The summed E-state index contributed by atoms with van der Waals surface area (Å²) in [7, 11) is 0. The molecule has 5 nitrogen and oxygen atoms in total. The zero-order valence-corrected chi connectivity index (χ0v) is 11.5. The third-order valence-corrected chi connectivity index (χ3v) is 3.77. The van der Waals surface area contributed by atoms with Gasteiger partial charge in [-0.3, -0.25) is 4.79 Å². The molecule has 0 radical (unpaired) electrons. The third-order valence-electron chi connectivity index (χ3n) is 2.60. The van der Waals surface area contributed by atoms with Crippen LogP contribution in [0.4, 0.5) is 13.2 Å². The van der Waals surface area contributed by atoms with E-state index in [2.05, 4.69) is 15.3 Å².